The standard InChI is InChI=1S/C17H19NO2/c1-2-4-16(5-3-1)20-17-8-6-14(7-9-17)18-15-10-12-19-13-11-15/h1-9,15,18H,10-13H2. The monoisotopic (exact) mass is 269 g/mol. The van der Waals surface area contributed by atoms with Crippen LogP contribution in [0.1, 0.15) is 12.8 Å². The van der Waals surface area contributed by atoms with E-state index in [1.165, 1.54) is 0 Å². The molecule has 1 aliphatic rings. The highest BCUT2D eigenvalue weighted by Gasteiger charge is 2.12. The molecule has 0 bridgehead atoms. The summed E-state index contributed by atoms with van der Waals surface area (Å²) < 4.78 is 11.1. The number of anilines is 1. The molecule has 2 aromatic carbocycles. The first-order chi connectivity index (χ1) is 9.90. The number of benzene rings is 2. The average molecular weight is 269 g/mol. The van der Waals surface area contributed by atoms with E-state index in [0.717, 1.165) is 43.2 Å². The Morgan fingerprint density at radius 1 is 0.850 bits per heavy atom. The molecule has 1 aliphatic heterocycles. The fourth-order valence-electron chi connectivity index (χ4n) is 2.32. The van der Waals surface area contributed by atoms with Gasteiger partial charge in [-0.15, -0.1) is 0 Å². The lowest BCUT2D eigenvalue weighted by atomic mass is 10.1. The molecule has 3 nitrogen and oxygen atoms in total. The topological polar surface area (TPSA) is 30.5 Å². The van der Waals surface area contributed by atoms with Crippen molar-refractivity contribution in [2.24, 2.45) is 0 Å². The van der Waals surface area contributed by atoms with Gasteiger partial charge < -0.3 is 14.8 Å². The van der Waals surface area contributed by atoms with Gasteiger partial charge in [-0.05, 0) is 49.2 Å². The Bertz CT molecular complexity index is 518. The summed E-state index contributed by atoms with van der Waals surface area (Å²) in [5.74, 6) is 1.71. The summed E-state index contributed by atoms with van der Waals surface area (Å²) in [7, 11) is 0. The van der Waals surface area contributed by atoms with E-state index in [1.807, 2.05) is 42.5 Å². The molecule has 0 spiro atoms. The molecule has 1 heterocycles. The van der Waals surface area contributed by atoms with Crippen LogP contribution in [0.5, 0.6) is 11.5 Å². The number of hydrogen-bond donors (Lipinski definition) is 1. The highest BCUT2D eigenvalue weighted by molar-refractivity contribution is 5.47. The molecular weight excluding hydrogens is 250 g/mol. The zero-order valence-corrected chi connectivity index (χ0v) is 11.4. The summed E-state index contributed by atoms with van der Waals surface area (Å²) in [6.07, 6.45) is 2.14. The minimum absolute atomic E-state index is 0.518. The summed E-state index contributed by atoms with van der Waals surface area (Å²) in [4.78, 5) is 0. The largest absolute Gasteiger partial charge is 0.457 e. The first kappa shape index (κ1) is 13.0. The van der Waals surface area contributed by atoms with E-state index >= 15 is 0 Å². The predicted molar refractivity (Wildman–Crippen MR) is 80.4 cm³/mol. The maximum absolute atomic E-state index is 5.78. The van der Waals surface area contributed by atoms with Gasteiger partial charge >= 0.3 is 0 Å². The van der Waals surface area contributed by atoms with Crippen molar-refractivity contribution in [1.29, 1.82) is 0 Å². The number of hydrogen-bond acceptors (Lipinski definition) is 3. The number of ether oxygens (including phenoxy) is 2. The second-order valence-corrected chi connectivity index (χ2v) is 4.97. The van der Waals surface area contributed by atoms with Crippen LogP contribution in [0.15, 0.2) is 54.6 Å². The van der Waals surface area contributed by atoms with Crippen molar-refractivity contribution < 1.29 is 9.47 Å². The lowest BCUT2D eigenvalue weighted by Crippen LogP contribution is -2.27. The van der Waals surface area contributed by atoms with Crippen molar-refractivity contribution in [2.75, 3.05) is 18.5 Å². The van der Waals surface area contributed by atoms with Crippen LogP contribution in [-0.2, 0) is 4.74 Å². The van der Waals surface area contributed by atoms with Crippen LogP contribution < -0.4 is 10.1 Å². The molecule has 1 N–H and O–H groups in total. The average Bonchev–Trinajstić information content (AvgIpc) is 2.51. The second-order valence-electron chi connectivity index (χ2n) is 4.97. The fraction of sp³-hybridized carbons (Fsp3) is 0.294. The minimum Gasteiger partial charge on any atom is -0.457 e. The van der Waals surface area contributed by atoms with Gasteiger partial charge in [0, 0.05) is 24.9 Å². The van der Waals surface area contributed by atoms with Crippen molar-refractivity contribution in [2.45, 2.75) is 18.9 Å². The highest BCUT2D eigenvalue weighted by Crippen LogP contribution is 2.23. The van der Waals surface area contributed by atoms with Crippen molar-refractivity contribution >= 4 is 5.69 Å². The summed E-state index contributed by atoms with van der Waals surface area (Å²) in [6, 6.07) is 18.5. The summed E-state index contributed by atoms with van der Waals surface area (Å²) in [5.41, 5.74) is 1.14. The van der Waals surface area contributed by atoms with Crippen molar-refractivity contribution in [3.05, 3.63) is 54.6 Å². The number of nitrogens with one attached hydrogen (secondary N) is 1. The van der Waals surface area contributed by atoms with Crippen molar-refractivity contribution in [3.8, 4) is 11.5 Å². The maximum Gasteiger partial charge on any atom is 0.127 e. The molecule has 104 valence electrons. The lowest BCUT2D eigenvalue weighted by molar-refractivity contribution is 0.0904. The molecule has 3 rings (SSSR count). The molecular formula is C17H19NO2. The molecule has 0 unspecified atom stereocenters. The molecule has 1 saturated heterocycles. The predicted octanol–water partition coefficient (Wildman–Crippen LogP) is 4.07. The third-order valence-electron chi connectivity index (χ3n) is 3.43. The Hall–Kier alpha value is -2.00. The van der Waals surface area contributed by atoms with E-state index in [0.29, 0.717) is 6.04 Å². The zero-order valence-electron chi connectivity index (χ0n) is 11.4. The van der Waals surface area contributed by atoms with Crippen LogP contribution in [-0.4, -0.2) is 19.3 Å². The van der Waals surface area contributed by atoms with Crippen molar-refractivity contribution in [3.63, 3.8) is 0 Å². The van der Waals surface area contributed by atoms with Crippen LogP contribution in [0.25, 0.3) is 0 Å². The van der Waals surface area contributed by atoms with Crippen LogP contribution in [0.2, 0.25) is 0 Å². The van der Waals surface area contributed by atoms with Gasteiger partial charge in [-0.2, -0.15) is 0 Å². The summed E-state index contributed by atoms with van der Waals surface area (Å²) in [5, 5.41) is 3.54. The number of rotatable bonds is 4. The van der Waals surface area contributed by atoms with Gasteiger partial charge in [0.15, 0.2) is 0 Å². The fourth-order valence-corrected chi connectivity index (χ4v) is 2.32. The quantitative estimate of drug-likeness (QED) is 0.907. The molecule has 1 fully saturated rings. The third kappa shape index (κ3) is 3.52. The molecule has 20 heavy (non-hydrogen) atoms. The van der Waals surface area contributed by atoms with E-state index in [-0.39, 0.29) is 0 Å². The Kier molecular flexibility index (Phi) is 4.19. The van der Waals surface area contributed by atoms with Crippen LogP contribution >= 0.6 is 0 Å². The number of para-hydroxylation sites is 1. The first-order valence-electron chi connectivity index (χ1n) is 7.07. The van der Waals surface area contributed by atoms with Gasteiger partial charge in [0.25, 0.3) is 0 Å². The lowest BCUT2D eigenvalue weighted by Gasteiger charge is -2.24. The van der Waals surface area contributed by atoms with E-state index in [1.54, 1.807) is 0 Å². The molecule has 0 atom stereocenters. The Balaban J connectivity index is 1.59. The van der Waals surface area contributed by atoms with E-state index in [2.05, 4.69) is 17.4 Å². The van der Waals surface area contributed by atoms with Gasteiger partial charge in [-0.25, -0.2) is 0 Å². The third-order valence-corrected chi connectivity index (χ3v) is 3.43. The SMILES string of the molecule is c1ccc(Oc2ccc(NC3CCOCC3)cc2)cc1. The molecule has 0 amide bonds. The Labute approximate surface area is 119 Å². The zero-order chi connectivity index (χ0) is 13.6. The van der Waals surface area contributed by atoms with E-state index in [9.17, 15) is 0 Å². The maximum atomic E-state index is 5.78. The van der Waals surface area contributed by atoms with Crippen LogP contribution in [0.3, 0.4) is 0 Å². The molecule has 0 aliphatic carbocycles. The Morgan fingerprint density at radius 2 is 1.50 bits per heavy atom. The van der Waals surface area contributed by atoms with Crippen LogP contribution in [0.4, 0.5) is 5.69 Å². The molecule has 0 saturated carbocycles. The minimum atomic E-state index is 0.518. The van der Waals surface area contributed by atoms with Gasteiger partial charge in [-0.3, -0.25) is 0 Å². The summed E-state index contributed by atoms with van der Waals surface area (Å²) in [6.45, 7) is 1.71. The normalized spacial score (nSPS) is 15.8. The highest BCUT2D eigenvalue weighted by atomic mass is 16.5. The smallest absolute Gasteiger partial charge is 0.127 e. The summed E-state index contributed by atoms with van der Waals surface area (Å²) >= 11 is 0. The van der Waals surface area contributed by atoms with E-state index in [4.69, 9.17) is 9.47 Å². The van der Waals surface area contributed by atoms with Gasteiger partial charge in [0.05, 0.1) is 0 Å². The van der Waals surface area contributed by atoms with Gasteiger partial charge in [-0.1, -0.05) is 18.2 Å². The molecule has 0 radical (unpaired) electrons. The van der Waals surface area contributed by atoms with Gasteiger partial charge in [0.1, 0.15) is 11.5 Å². The molecule has 3 heteroatoms. The second kappa shape index (κ2) is 6.44. The van der Waals surface area contributed by atoms with Gasteiger partial charge in [0.2, 0.25) is 0 Å². The Morgan fingerprint density at radius 3 is 2.20 bits per heavy atom. The first-order valence-corrected chi connectivity index (χ1v) is 7.07. The molecule has 0 aromatic heterocycles. The molecule has 2 aromatic rings. The van der Waals surface area contributed by atoms with E-state index < -0.39 is 0 Å². The van der Waals surface area contributed by atoms with Crippen molar-refractivity contribution in [1.82, 2.24) is 0 Å². The van der Waals surface area contributed by atoms with Crippen LogP contribution in [0, 0.1) is 0 Å².